The first kappa shape index (κ1) is 24.7. The lowest BCUT2D eigenvalue weighted by Crippen LogP contribution is -2.39. The molecule has 2 atom stereocenters. The minimum Gasteiger partial charge on any atom is -0.481 e. The van der Waals surface area contributed by atoms with Gasteiger partial charge in [0.15, 0.2) is 0 Å². The SMILES string of the molecule is CCOC(=O)[C@@H](C)C[C@@H](Cc1ccc(-c2ccccc2)cc1)N(N=O)C(=O)CCC(=O)O. The number of aliphatic carboxylic acids is 1. The Hall–Kier alpha value is -3.55. The van der Waals surface area contributed by atoms with Crippen LogP contribution in [0.2, 0.25) is 0 Å². The van der Waals surface area contributed by atoms with E-state index in [2.05, 4.69) is 5.29 Å². The fourth-order valence-electron chi connectivity index (χ4n) is 3.44. The zero-order valence-electron chi connectivity index (χ0n) is 18.3. The van der Waals surface area contributed by atoms with E-state index in [9.17, 15) is 19.3 Å². The zero-order chi connectivity index (χ0) is 23.5. The molecule has 8 nitrogen and oxygen atoms in total. The normalized spacial score (nSPS) is 12.4. The molecule has 0 spiro atoms. The summed E-state index contributed by atoms with van der Waals surface area (Å²) in [6, 6.07) is 16.8. The molecule has 0 unspecified atom stereocenters. The molecule has 2 aromatic carbocycles. The highest BCUT2D eigenvalue weighted by molar-refractivity contribution is 5.81. The lowest BCUT2D eigenvalue weighted by molar-refractivity contribution is -0.149. The predicted molar refractivity (Wildman–Crippen MR) is 119 cm³/mol. The summed E-state index contributed by atoms with van der Waals surface area (Å²) in [6.45, 7) is 3.58. The lowest BCUT2D eigenvalue weighted by Gasteiger charge is -2.27. The van der Waals surface area contributed by atoms with E-state index in [0.29, 0.717) is 0 Å². The first-order valence-electron chi connectivity index (χ1n) is 10.5. The maximum Gasteiger partial charge on any atom is 0.308 e. The quantitative estimate of drug-likeness (QED) is 0.300. The number of nitroso groups, excluding NO2 is 1. The molecule has 0 saturated carbocycles. The van der Waals surface area contributed by atoms with Gasteiger partial charge in [-0.2, -0.15) is 5.01 Å². The topological polar surface area (TPSA) is 113 Å². The van der Waals surface area contributed by atoms with Crippen LogP contribution in [0, 0.1) is 10.8 Å². The van der Waals surface area contributed by atoms with Gasteiger partial charge >= 0.3 is 11.9 Å². The molecule has 32 heavy (non-hydrogen) atoms. The van der Waals surface area contributed by atoms with E-state index in [1.54, 1.807) is 13.8 Å². The smallest absolute Gasteiger partial charge is 0.308 e. The standard InChI is InChI=1S/C24H28N2O6/c1-3-32-24(30)17(2)15-21(26(25-31)22(27)13-14-23(28)29)16-18-9-11-20(12-10-18)19-7-5-4-6-8-19/h4-12,17,21H,3,13-16H2,1-2H3,(H,28,29)/t17-,21-/m0/s1. The average Bonchev–Trinajstić information content (AvgIpc) is 2.79. The van der Waals surface area contributed by atoms with Crippen molar-refractivity contribution in [3.05, 3.63) is 65.1 Å². The number of nitrogens with zero attached hydrogens (tertiary/aromatic N) is 2. The van der Waals surface area contributed by atoms with Gasteiger partial charge in [-0.15, -0.1) is 4.91 Å². The number of hydrogen-bond acceptors (Lipinski definition) is 6. The third-order valence-corrected chi connectivity index (χ3v) is 5.09. The summed E-state index contributed by atoms with van der Waals surface area (Å²) in [7, 11) is 0. The number of esters is 1. The Bertz CT molecular complexity index is 914. The third kappa shape index (κ3) is 7.30. The van der Waals surface area contributed by atoms with Crippen molar-refractivity contribution in [1.29, 1.82) is 0 Å². The van der Waals surface area contributed by atoms with Crippen LogP contribution in [0.4, 0.5) is 0 Å². The van der Waals surface area contributed by atoms with Crippen molar-refractivity contribution >= 4 is 17.8 Å². The maximum absolute atomic E-state index is 12.5. The van der Waals surface area contributed by atoms with Crippen LogP contribution in [0.15, 0.2) is 59.9 Å². The van der Waals surface area contributed by atoms with E-state index in [4.69, 9.17) is 9.84 Å². The van der Waals surface area contributed by atoms with Gasteiger partial charge in [0.1, 0.15) is 0 Å². The summed E-state index contributed by atoms with van der Waals surface area (Å²) < 4.78 is 5.04. The summed E-state index contributed by atoms with van der Waals surface area (Å²) >= 11 is 0. The van der Waals surface area contributed by atoms with Crippen LogP contribution < -0.4 is 0 Å². The van der Waals surface area contributed by atoms with Crippen molar-refractivity contribution in [3.8, 4) is 11.1 Å². The molecule has 0 aliphatic heterocycles. The van der Waals surface area contributed by atoms with Crippen molar-refractivity contribution in [3.63, 3.8) is 0 Å². The summed E-state index contributed by atoms with van der Waals surface area (Å²) in [4.78, 5) is 46.9. The monoisotopic (exact) mass is 440 g/mol. The van der Waals surface area contributed by atoms with Crippen LogP contribution in [-0.4, -0.2) is 40.6 Å². The summed E-state index contributed by atoms with van der Waals surface area (Å²) in [5.41, 5.74) is 2.94. The van der Waals surface area contributed by atoms with Gasteiger partial charge in [0.25, 0.3) is 0 Å². The third-order valence-electron chi connectivity index (χ3n) is 5.09. The van der Waals surface area contributed by atoms with Gasteiger partial charge < -0.3 is 9.84 Å². The number of carboxylic acid groups (broad SMARTS) is 1. The lowest BCUT2D eigenvalue weighted by atomic mass is 9.94. The highest BCUT2D eigenvalue weighted by Gasteiger charge is 2.29. The largest absolute Gasteiger partial charge is 0.481 e. The molecule has 2 aromatic rings. The Labute approximate surface area is 187 Å². The molecule has 0 fully saturated rings. The molecule has 1 N–H and O–H groups in total. The second kappa shape index (κ2) is 12.3. The summed E-state index contributed by atoms with van der Waals surface area (Å²) in [5, 5.41) is 12.5. The molecule has 0 aliphatic carbocycles. The van der Waals surface area contributed by atoms with E-state index in [1.807, 2.05) is 54.6 Å². The second-order valence-electron chi connectivity index (χ2n) is 7.52. The molecule has 0 bridgehead atoms. The molecule has 1 amide bonds. The van der Waals surface area contributed by atoms with E-state index in [1.165, 1.54) is 0 Å². The molecule has 8 heteroatoms. The number of carboxylic acids is 1. The van der Waals surface area contributed by atoms with Gasteiger partial charge in [-0.25, -0.2) is 0 Å². The van der Waals surface area contributed by atoms with Crippen molar-refractivity contribution < 1.29 is 24.2 Å². The molecular formula is C24H28N2O6. The van der Waals surface area contributed by atoms with Crippen LogP contribution in [-0.2, 0) is 25.5 Å². The van der Waals surface area contributed by atoms with Crippen molar-refractivity contribution in [2.75, 3.05) is 6.61 Å². The number of carbonyl (C=O) groups is 3. The maximum atomic E-state index is 12.5. The fraction of sp³-hybridized carbons (Fsp3) is 0.375. The molecule has 0 aliphatic rings. The van der Waals surface area contributed by atoms with Crippen LogP contribution in [0.25, 0.3) is 11.1 Å². The van der Waals surface area contributed by atoms with Crippen molar-refractivity contribution in [2.45, 2.75) is 45.6 Å². The van der Waals surface area contributed by atoms with Gasteiger partial charge in [0.05, 0.1) is 30.3 Å². The first-order chi connectivity index (χ1) is 15.3. The molecule has 2 rings (SSSR count). The van der Waals surface area contributed by atoms with E-state index < -0.39 is 36.2 Å². The fourth-order valence-corrected chi connectivity index (χ4v) is 3.44. The minimum absolute atomic E-state index is 0.157. The Balaban J connectivity index is 2.22. The number of amides is 1. The van der Waals surface area contributed by atoms with Crippen molar-refractivity contribution in [2.24, 2.45) is 11.2 Å². The van der Waals surface area contributed by atoms with Gasteiger partial charge in [-0.1, -0.05) is 61.5 Å². The first-order valence-corrected chi connectivity index (χ1v) is 10.5. The number of benzene rings is 2. The van der Waals surface area contributed by atoms with E-state index in [0.717, 1.165) is 21.7 Å². The molecular weight excluding hydrogens is 412 g/mol. The second-order valence-corrected chi connectivity index (χ2v) is 7.52. The average molecular weight is 440 g/mol. The van der Waals surface area contributed by atoms with Crippen LogP contribution in [0.1, 0.15) is 38.7 Å². The summed E-state index contributed by atoms with van der Waals surface area (Å²) in [5.74, 6) is -2.83. The van der Waals surface area contributed by atoms with Crippen molar-refractivity contribution in [1.82, 2.24) is 5.01 Å². The van der Waals surface area contributed by atoms with Gasteiger partial charge in [0.2, 0.25) is 5.91 Å². The van der Waals surface area contributed by atoms with E-state index >= 15 is 0 Å². The zero-order valence-corrected chi connectivity index (χ0v) is 18.3. The molecule has 0 heterocycles. The van der Waals surface area contributed by atoms with Crippen LogP contribution >= 0.6 is 0 Å². The van der Waals surface area contributed by atoms with Crippen LogP contribution in [0.5, 0.6) is 0 Å². The number of ether oxygens (including phenoxy) is 1. The highest BCUT2D eigenvalue weighted by atomic mass is 16.5. The predicted octanol–water partition coefficient (Wildman–Crippen LogP) is 4.23. The Morgan fingerprint density at radius 1 is 1.00 bits per heavy atom. The molecule has 0 radical (unpaired) electrons. The highest BCUT2D eigenvalue weighted by Crippen LogP contribution is 2.23. The van der Waals surface area contributed by atoms with Crippen LogP contribution in [0.3, 0.4) is 0 Å². The Kier molecular flexibility index (Phi) is 9.53. The van der Waals surface area contributed by atoms with Gasteiger partial charge in [-0.3, -0.25) is 14.4 Å². The molecule has 170 valence electrons. The molecule has 0 aromatic heterocycles. The van der Waals surface area contributed by atoms with E-state index in [-0.39, 0.29) is 25.9 Å². The number of carbonyl (C=O) groups excluding carboxylic acids is 2. The molecule has 0 saturated heterocycles. The Morgan fingerprint density at radius 2 is 1.62 bits per heavy atom. The minimum atomic E-state index is -1.14. The van der Waals surface area contributed by atoms with Gasteiger partial charge in [-0.05, 0) is 36.5 Å². The van der Waals surface area contributed by atoms with Gasteiger partial charge in [0, 0.05) is 6.42 Å². The summed E-state index contributed by atoms with van der Waals surface area (Å²) in [6.07, 6.45) is -0.317. The Morgan fingerprint density at radius 3 is 2.19 bits per heavy atom. The number of rotatable bonds is 12. The number of hydrogen-bond donors (Lipinski definition) is 1.